The first kappa shape index (κ1) is 18.1. The van der Waals surface area contributed by atoms with Crippen LogP contribution >= 0.6 is 11.8 Å². The van der Waals surface area contributed by atoms with Crippen LogP contribution in [0.5, 0.6) is 5.75 Å². The Labute approximate surface area is 140 Å². The van der Waals surface area contributed by atoms with E-state index in [0.29, 0.717) is 17.4 Å². The molecule has 24 heavy (non-hydrogen) atoms. The first-order valence-corrected chi connectivity index (χ1v) is 7.87. The van der Waals surface area contributed by atoms with Crippen molar-refractivity contribution in [1.82, 2.24) is 14.8 Å². The Bertz CT molecular complexity index is 688. The monoisotopic (exact) mass is 360 g/mol. The molecule has 1 aromatic carbocycles. The summed E-state index contributed by atoms with van der Waals surface area (Å²) in [5.74, 6) is -0.644. The van der Waals surface area contributed by atoms with Crippen molar-refractivity contribution in [3.8, 4) is 5.75 Å². The summed E-state index contributed by atoms with van der Waals surface area (Å²) >= 11 is 1.24. The summed E-state index contributed by atoms with van der Waals surface area (Å²) in [6, 6.07) is 4.94. The van der Waals surface area contributed by atoms with E-state index >= 15 is 0 Å². The molecule has 0 aliphatic heterocycles. The molecular weight excluding hydrogens is 345 g/mol. The molecule has 2 rings (SSSR count). The largest absolute Gasteiger partial charge is 0.573 e. The van der Waals surface area contributed by atoms with Gasteiger partial charge in [-0.25, -0.2) is 0 Å². The Morgan fingerprint density at radius 1 is 1.38 bits per heavy atom. The minimum Gasteiger partial charge on any atom is -0.406 e. The number of halogens is 3. The maximum Gasteiger partial charge on any atom is 0.573 e. The van der Waals surface area contributed by atoms with Crippen LogP contribution in [0.3, 0.4) is 0 Å². The van der Waals surface area contributed by atoms with Gasteiger partial charge in [0.05, 0.1) is 5.25 Å². The number of nitrogens with one attached hydrogen (secondary N) is 1. The van der Waals surface area contributed by atoms with Gasteiger partial charge >= 0.3 is 6.36 Å². The Kier molecular flexibility index (Phi) is 5.71. The van der Waals surface area contributed by atoms with Gasteiger partial charge < -0.3 is 14.6 Å². The summed E-state index contributed by atoms with van der Waals surface area (Å²) in [7, 11) is 0. The molecule has 1 amide bonds. The molecule has 0 saturated carbocycles. The maximum atomic E-state index is 12.2. The lowest BCUT2D eigenvalue weighted by molar-refractivity contribution is -0.274. The predicted molar refractivity (Wildman–Crippen MR) is 82.8 cm³/mol. The van der Waals surface area contributed by atoms with E-state index in [9.17, 15) is 18.0 Å². The molecule has 0 saturated heterocycles. The van der Waals surface area contributed by atoms with Crippen LogP contribution in [0, 0.1) is 0 Å². The van der Waals surface area contributed by atoms with Crippen molar-refractivity contribution < 1.29 is 22.7 Å². The van der Waals surface area contributed by atoms with Crippen molar-refractivity contribution in [3.05, 3.63) is 30.6 Å². The van der Waals surface area contributed by atoms with E-state index in [1.165, 1.54) is 23.9 Å². The minimum atomic E-state index is -4.74. The van der Waals surface area contributed by atoms with Crippen LogP contribution in [-0.4, -0.2) is 32.3 Å². The number of hydrogen-bond donors (Lipinski definition) is 1. The van der Waals surface area contributed by atoms with Gasteiger partial charge in [0.15, 0.2) is 5.16 Å². The van der Waals surface area contributed by atoms with Crippen LogP contribution < -0.4 is 10.1 Å². The van der Waals surface area contributed by atoms with Crippen molar-refractivity contribution in [1.29, 1.82) is 0 Å². The molecule has 10 heteroatoms. The molecule has 0 aliphatic carbocycles. The van der Waals surface area contributed by atoms with E-state index in [1.807, 2.05) is 6.92 Å². The molecular formula is C14H15F3N4O2S. The lowest BCUT2D eigenvalue weighted by Crippen LogP contribution is -2.23. The number of ether oxygens (including phenoxy) is 1. The lowest BCUT2D eigenvalue weighted by atomic mass is 10.3. The van der Waals surface area contributed by atoms with Crippen molar-refractivity contribution >= 4 is 23.4 Å². The van der Waals surface area contributed by atoms with Crippen molar-refractivity contribution in [2.24, 2.45) is 0 Å². The fourth-order valence-electron chi connectivity index (χ4n) is 1.75. The molecule has 6 nitrogen and oxygen atoms in total. The average Bonchev–Trinajstić information content (AvgIpc) is 2.95. The predicted octanol–water partition coefficient (Wildman–Crippen LogP) is 3.32. The lowest BCUT2D eigenvalue weighted by Gasteiger charge is -2.13. The zero-order valence-corrected chi connectivity index (χ0v) is 13.7. The topological polar surface area (TPSA) is 69.0 Å². The number of rotatable bonds is 6. The molecule has 130 valence electrons. The van der Waals surface area contributed by atoms with E-state index in [1.54, 1.807) is 17.8 Å². The minimum absolute atomic E-state index is 0.296. The number of benzene rings is 1. The molecule has 1 aromatic heterocycles. The standard InChI is InChI=1S/C14H15F3N4O2S/c1-3-21-8-18-20-13(21)24-9(2)12(22)19-10-4-6-11(7-5-10)23-14(15,16)17/h4-9H,3H2,1-2H3,(H,19,22)/t9-/m1/s1. The van der Waals surface area contributed by atoms with E-state index in [4.69, 9.17) is 0 Å². The summed E-state index contributed by atoms with van der Waals surface area (Å²) in [6.45, 7) is 4.32. The zero-order chi connectivity index (χ0) is 17.7. The summed E-state index contributed by atoms with van der Waals surface area (Å²) < 4.78 is 41.9. The first-order valence-electron chi connectivity index (χ1n) is 6.99. The van der Waals surface area contributed by atoms with Crippen LogP contribution in [0.1, 0.15) is 13.8 Å². The highest BCUT2D eigenvalue weighted by Gasteiger charge is 2.31. The Morgan fingerprint density at radius 3 is 2.62 bits per heavy atom. The third kappa shape index (κ3) is 5.15. The summed E-state index contributed by atoms with van der Waals surface area (Å²) in [5.41, 5.74) is 0.374. The second kappa shape index (κ2) is 7.56. The Morgan fingerprint density at radius 2 is 2.04 bits per heavy atom. The third-order valence-corrected chi connectivity index (χ3v) is 4.02. The van der Waals surface area contributed by atoms with Crippen LogP contribution in [-0.2, 0) is 11.3 Å². The highest BCUT2D eigenvalue weighted by atomic mass is 32.2. The van der Waals surface area contributed by atoms with Crippen molar-refractivity contribution in [2.75, 3.05) is 5.32 Å². The van der Waals surface area contributed by atoms with Crippen LogP contribution in [0.25, 0.3) is 0 Å². The third-order valence-electron chi connectivity index (χ3n) is 2.93. The number of aryl methyl sites for hydroxylation is 1. The number of carbonyl (C=O) groups is 1. The molecule has 0 aliphatic rings. The number of thioether (sulfide) groups is 1. The molecule has 0 fully saturated rings. The highest BCUT2D eigenvalue weighted by Crippen LogP contribution is 2.25. The van der Waals surface area contributed by atoms with Crippen LogP contribution in [0.2, 0.25) is 0 Å². The van der Waals surface area contributed by atoms with Crippen LogP contribution in [0.4, 0.5) is 18.9 Å². The van der Waals surface area contributed by atoms with Gasteiger partial charge in [-0.2, -0.15) is 0 Å². The molecule has 0 unspecified atom stereocenters. The summed E-state index contributed by atoms with van der Waals surface area (Å²) in [6.07, 6.45) is -3.17. The molecule has 0 radical (unpaired) electrons. The number of amides is 1. The van der Waals surface area contributed by atoms with Gasteiger partial charge in [-0.15, -0.1) is 23.4 Å². The van der Waals surface area contributed by atoms with Crippen molar-refractivity contribution in [2.45, 2.75) is 37.2 Å². The van der Waals surface area contributed by atoms with Gasteiger partial charge in [-0.05, 0) is 38.1 Å². The zero-order valence-electron chi connectivity index (χ0n) is 12.9. The summed E-state index contributed by atoms with van der Waals surface area (Å²) in [5, 5.41) is 10.5. The molecule has 0 spiro atoms. The molecule has 0 bridgehead atoms. The first-order chi connectivity index (χ1) is 11.3. The molecule has 1 N–H and O–H groups in total. The number of alkyl halides is 3. The van der Waals surface area contributed by atoms with Gasteiger partial charge in [0.2, 0.25) is 5.91 Å². The molecule has 1 atom stereocenters. The van der Waals surface area contributed by atoms with Gasteiger partial charge in [-0.3, -0.25) is 4.79 Å². The number of aromatic nitrogens is 3. The second-order valence-corrected chi connectivity index (χ2v) is 6.03. The smallest absolute Gasteiger partial charge is 0.406 e. The Hall–Kier alpha value is -2.23. The van der Waals surface area contributed by atoms with Gasteiger partial charge in [0.1, 0.15) is 12.1 Å². The van der Waals surface area contributed by atoms with E-state index in [0.717, 1.165) is 12.1 Å². The molecule has 1 heterocycles. The normalized spacial score (nSPS) is 12.7. The summed E-state index contributed by atoms with van der Waals surface area (Å²) in [4.78, 5) is 12.2. The maximum absolute atomic E-state index is 12.2. The number of carbonyl (C=O) groups excluding carboxylic acids is 1. The second-order valence-electron chi connectivity index (χ2n) is 4.72. The van der Waals surface area contributed by atoms with Gasteiger partial charge in [0.25, 0.3) is 0 Å². The fraction of sp³-hybridized carbons (Fsp3) is 0.357. The number of anilines is 1. The highest BCUT2D eigenvalue weighted by molar-refractivity contribution is 8.00. The number of nitrogens with zero attached hydrogens (tertiary/aromatic N) is 3. The van der Waals surface area contributed by atoms with E-state index < -0.39 is 11.6 Å². The van der Waals surface area contributed by atoms with E-state index in [2.05, 4.69) is 20.3 Å². The molecule has 2 aromatic rings. The van der Waals surface area contributed by atoms with E-state index in [-0.39, 0.29) is 11.7 Å². The van der Waals surface area contributed by atoms with Crippen LogP contribution in [0.15, 0.2) is 35.7 Å². The fourth-order valence-corrected chi connectivity index (χ4v) is 2.64. The van der Waals surface area contributed by atoms with Gasteiger partial charge in [-0.1, -0.05) is 11.8 Å². The average molecular weight is 360 g/mol. The SMILES string of the molecule is CCn1cnnc1S[C@H](C)C(=O)Nc1ccc(OC(F)(F)F)cc1. The number of hydrogen-bond acceptors (Lipinski definition) is 5. The van der Waals surface area contributed by atoms with Crippen molar-refractivity contribution in [3.63, 3.8) is 0 Å². The van der Waals surface area contributed by atoms with Gasteiger partial charge in [0, 0.05) is 12.2 Å². The quantitative estimate of drug-likeness (QED) is 0.801. The Balaban J connectivity index is 1.94.